The lowest BCUT2D eigenvalue weighted by Crippen LogP contribution is -2.04. The van der Waals surface area contributed by atoms with E-state index in [4.69, 9.17) is 23.8 Å². The molecular weight excluding hydrogens is 314 g/mol. The minimum absolute atomic E-state index is 0.663. The number of thioether (sulfide) groups is 1. The molecule has 15 heavy (non-hydrogen) atoms. The quantitative estimate of drug-likeness (QED) is 0.639. The minimum Gasteiger partial charge on any atom is -0.341 e. The smallest absolute Gasteiger partial charge is 0.138 e. The predicted molar refractivity (Wildman–Crippen MR) is 78.0 cm³/mol. The lowest BCUT2D eigenvalue weighted by Gasteiger charge is -2.07. The fraction of sp³-hybridized carbons (Fsp3) is 0.100. The Bertz CT molecular complexity index is 382. The third-order valence-corrected chi connectivity index (χ3v) is 3.95. The summed E-state index contributed by atoms with van der Waals surface area (Å²) in [5, 5.41) is 3.75. The maximum absolute atomic E-state index is 5.95. The summed E-state index contributed by atoms with van der Waals surface area (Å²) in [7, 11) is 0. The highest BCUT2D eigenvalue weighted by Crippen LogP contribution is 2.26. The number of thiocarbonyl (C=S) groups is 1. The zero-order valence-corrected chi connectivity index (χ0v) is 11.8. The summed E-state index contributed by atoms with van der Waals surface area (Å²) < 4.78 is 1.59. The molecule has 0 bridgehead atoms. The summed E-state index contributed by atoms with van der Waals surface area (Å²) in [5.41, 5.74) is 0.893. The van der Waals surface area contributed by atoms with Gasteiger partial charge in [0.1, 0.15) is 4.32 Å². The SMILES string of the molecule is C=CCSC(=S)Nc1ccc(Br)c(Cl)c1. The first-order valence-corrected chi connectivity index (χ1v) is 6.69. The molecule has 0 saturated heterocycles. The van der Waals surface area contributed by atoms with Crippen LogP contribution in [0.3, 0.4) is 0 Å². The van der Waals surface area contributed by atoms with Crippen molar-refractivity contribution >= 4 is 61.5 Å². The van der Waals surface area contributed by atoms with Crippen LogP contribution in [0.2, 0.25) is 5.02 Å². The van der Waals surface area contributed by atoms with Crippen LogP contribution >= 0.6 is 51.5 Å². The van der Waals surface area contributed by atoms with Crippen LogP contribution in [0.1, 0.15) is 0 Å². The summed E-state index contributed by atoms with van der Waals surface area (Å²) in [4.78, 5) is 0. The maximum Gasteiger partial charge on any atom is 0.138 e. The van der Waals surface area contributed by atoms with Gasteiger partial charge < -0.3 is 5.32 Å². The molecule has 1 aromatic carbocycles. The number of nitrogens with one attached hydrogen (secondary N) is 1. The van der Waals surface area contributed by atoms with Gasteiger partial charge in [-0.3, -0.25) is 0 Å². The highest BCUT2D eigenvalue weighted by molar-refractivity contribution is 9.10. The Morgan fingerprint density at radius 2 is 2.40 bits per heavy atom. The fourth-order valence-electron chi connectivity index (χ4n) is 0.862. The van der Waals surface area contributed by atoms with Crippen LogP contribution in [0, 0.1) is 0 Å². The van der Waals surface area contributed by atoms with Crippen LogP contribution in [-0.2, 0) is 0 Å². The standard InChI is InChI=1S/C10H9BrClNS2/c1-2-5-15-10(14)13-7-3-4-8(11)9(12)6-7/h2-4,6H,1,5H2,(H,13,14). The molecule has 0 aliphatic rings. The highest BCUT2D eigenvalue weighted by atomic mass is 79.9. The lowest BCUT2D eigenvalue weighted by atomic mass is 10.3. The summed E-state index contributed by atoms with van der Waals surface area (Å²) in [6, 6.07) is 5.62. The Morgan fingerprint density at radius 3 is 3.00 bits per heavy atom. The van der Waals surface area contributed by atoms with Crippen LogP contribution in [0.15, 0.2) is 35.3 Å². The molecular formula is C10H9BrClNS2. The van der Waals surface area contributed by atoms with Gasteiger partial charge in [-0.1, -0.05) is 41.7 Å². The Labute approximate surface area is 112 Å². The first-order chi connectivity index (χ1) is 7.13. The van der Waals surface area contributed by atoms with Crippen molar-refractivity contribution in [3.63, 3.8) is 0 Å². The first-order valence-electron chi connectivity index (χ1n) is 4.13. The van der Waals surface area contributed by atoms with E-state index in [1.807, 2.05) is 24.3 Å². The van der Waals surface area contributed by atoms with Gasteiger partial charge in [0.25, 0.3) is 0 Å². The van der Waals surface area contributed by atoms with Crippen molar-refractivity contribution in [1.29, 1.82) is 0 Å². The molecule has 0 unspecified atom stereocenters. The van der Waals surface area contributed by atoms with Gasteiger partial charge in [-0.15, -0.1) is 6.58 Å². The molecule has 0 heterocycles. The van der Waals surface area contributed by atoms with Crippen molar-refractivity contribution in [3.8, 4) is 0 Å². The Balaban J connectivity index is 2.60. The number of hydrogen-bond donors (Lipinski definition) is 1. The van der Waals surface area contributed by atoms with Gasteiger partial charge in [-0.25, -0.2) is 0 Å². The van der Waals surface area contributed by atoms with Gasteiger partial charge in [0.05, 0.1) is 5.02 Å². The van der Waals surface area contributed by atoms with Crippen molar-refractivity contribution in [2.24, 2.45) is 0 Å². The van der Waals surface area contributed by atoms with E-state index in [0.29, 0.717) is 9.34 Å². The molecule has 1 rings (SSSR count). The predicted octanol–water partition coefficient (Wildman–Crippen LogP) is 4.72. The molecule has 1 nitrogen and oxygen atoms in total. The molecule has 0 fully saturated rings. The van der Waals surface area contributed by atoms with Crippen LogP contribution in [0.4, 0.5) is 5.69 Å². The van der Waals surface area contributed by atoms with Gasteiger partial charge in [0.15, 0.2) is 0 Å². The van der Waals surface area contributed by atoms with Crippen molar-refractivity contribution in [3.05, 3.63) is 40.3 Å². The van der Waals surface area contributed by atoms with Crippen LogP contribution in [-0.4, -0.2) is 10.1 Å². The molecule has 0 aromatic heterocycles. The van der Waals surface area contributed by atoms with E-state index >= 15 is 0 Å². The maximum atomic E-state index is 5.95. The highest BCUT2D eigenvalue weighted by Gasteiger charge is 2.01. The van der Waals surface area contributed by atoms with Gasteiger partial charge in [-0.2, -0.15) is 0 Å². The number of hydrogen-bond acceptors (Lipinski definition) is 2. The first kappa shape index (κ1) is 13.0. The van der Waals surface area contributed by atoms with Crippen molar-refractivity contribution in [2.75, 3.05) is 11.1 Å². The molecule has 0 spiro atoms. The van der Waals surface area contributed by atoms with E-state index in [2.05, 4.69) is 27.8 Å². The van der Waals surface area contributed by atoms with Crippen molar-refractivity contribution < 1.29 is 0 Å². The van der Waals surface area contributed by atoms with E-state index < -0.39 is 0 Å². The average molecular weight is 323 g/mol. The zero-order chi connectivity index (χ0) is 11.3. The van der Waals surface area contributed by atoms with Crippen LogP contribution in [0.5, 0.6) is 0 Å². The molecule has 5 heteroatoms. The van der Waals surface area contributed by atoms with Gasteiger partial charge >= 0.3 is 0 Å². The Kier molecular flexibility index (Phi) is 5.68. The molecule has 1 N–H and O–H groups in total. The normalized spacial score (nSPS) is 9.73. The Morgan fingerprint density at radius 1 is 1.67 bits per heavy atom. The second-order valence-electron chi connectivity index (χ2n) is 2.64. The molecule has 0 amide bonds. The zero-order valence-electron chi connectivity index (χ0n) is 7.80. The average Bonchev–Trinajstić information content (AvgIpc) is 2.20. The topological polar surface area (TPSA) is 12.0 Å². The van der Waals surface area contributed by atoms with Gasteiger partial charge in [0.2, 0.25) is 0 Å². The second kappa shape index (κ2) is 6.53. The van der Waals surface area contributed by atoms with Gasteiger partial charge in [-0.05, 0) is 34.1 Å². The minimum atomic E-state index is 0.663. The van der Waals surface area contributed by atoms with E-state index in [1.54, 1.807) is 0 Å². The van der Waals surface area contributed by atoms with Crippen LogP contribution in [0.25, 0.3) is 0 Å². The number of anilines is 1. The summed E-state index contributed by atoms with van der Waals surface area (Å²) in [6.45, 7) is 3.63. The summed E-state index contributed by atoms with van der Waals surface area (Å²) in [6.07, 6.45) is 1.81. The number of halogens is 2. The van der Waals surface area contributed by atoms with Crippen LogP contribution < -0.4 is 5.32 Å². The molecule has 0 atom stereocenters. The summed E-state index contributed by atoms with van der Waals surface area (Å²) in [5.74, 6) is 0.802. The van der Waals surface area contributed by atoms with E-state index in [0.717, 1.165) is 15.9 Å². The second-order valence-corrected chi connectivity index (χ2v) is 5.60. The third kappa shape index (κ3) is 4.55. The monoisotopic (exact) mass is 321 g/mol. The molecule has 1 aromatic rings. The lowest BCUT2D eigenvalue weighted by molar-refractivity contribution is 1.62. The van der Waals surface area contributed by atoms with E-state index in [-0.39, 0.29) is 0 Å². The van der Waals surface area contributed by atoms with Crippen molar-refractivity contribution in [1.82, 2.24) is 0 Å². The Hall–Kier alpha value is -0.0300. The van der Waals surface area contributed by atoms with E-state index in [9.17, 15) is 0 Å². The summed E-state index contributed by atoms with van der Waals surface area (Å²) >= 11 is 15.9. The molecule has 0 radical (unpaired) electrons. The van der Waals surface area contributed by atoms with E-state index in [1.165, 1.54) is 11.8 Å². The van der Waals surface area contributed by atoms with Crippen molar-refractivity contribution in [2.45, 2.75) is 0 Å². The largest absolute Gasteiger partial charge is 0.341 e. The fourth-order valence-corrected chi connectivity index (χ4v) is 2.07. The molecule has 0 aliphatic carbocycles. The number of rotatable bonds is 3. The molecule has 0 aliphatic heterocycles. The van der Waals surface area contributed by atoms with Gasteiger partial charge in [0, 0.05) is 15.9 Å². The number of benzene rings is 1. The third-order valence-electron chi connectivity index (χ3n) is 1.50. The molecule has 0 saturated carbocycles. The molecule has 80 valence electrons.